The van der Waals surface area contributed by atoms with Gasteiger partial charge in [0.1, 0.15) is 5.82 Å². The van der Waals surface area contributed by atoms with Crippen molar-refractivity contribution >= 4 is 5.91 Å². The molecule has 1 aliphatic heterocycles. The normalized spacial score (nSPS) is 16.4. The molecule has 3 aromatic rings. The highest BCUT2D eigenvalue weighted by Gasteiger charge is 2.35. The number of nitrogens with zero attached hydrogens (tertiary/aromatic N) is 3. The van der Waals surface area contributed by atoms with Crippen molar-refractivity contribution in [2.45, 2.75) is 51.2 Å². The van der Waals surface area contributed by atoms with Crippen molar-refractivity contribution in [3.63, 3.8) is 0 Å². The maximum Gasteiger partial charge on any atom is 0.254 e. The van der Waals surface area contributed by atoms with E-state index in [9.17, 15) is 14.7 Å². The number of carbonyl (C=O) groups excluding carboxylic acids is 1. The van der Waals surface area contributed by atoms with Crippen molar-refractivity contribution in [3.8, 4) is 11.3 Å². The molecule has 1 unspecified atom stereocenters. The van der Waals surface area contributed by atoms with Crippen molar-refractivity contribution < 1.29 is 9.90 Å². The summed E-state index contributed by atoms with van der Waals surface area (Å²) in [7, 11) is 0. The molecule has 1 fully saturated rings. The minimum atomic E-state index is -1.04. The van der Waals surface area contributed by atoms with Gasteiger partial charge >= 0.3 is 0 Å². The summed E-state index contributed by atoms with van der Waals surface area (Å²) in [5.74, 6) is 0.829. The summed E-state index contributed by atoms with van der Waals surface area (Å²) in [6, 6.07) is 21.2. The summed E-state index contributed by atoms with van der Waals surface area (Å²) in [4.78, 5) is 32.1. The molecule has 1 amide bonds. The minimum absolute atomic E-state index is 0.107. The third-order valence-corrected chi connectivity index (χ3v) is 6.62. The number of rotatable bonds is 6. The fourth-order valence-electron chi connectivity index (χ4n) is 4.49. The van der Waals surface area contributed by atoms with E-state index in [-0.39, 0.29) is 23.9 Å². The van der Waals surface area contributed by atoms with Crippen LogP contribution >= 0.6 is 0 Å². The van der Waals surface area contributed by atoms with Crippen LogP contribution in [0.25, 0.3) is 11.3 Å². The highest BCUT2D eigenvalue weighted by Crippen LogP contribution is 2.27. The number of aromatic nitrogens is 2. The summed E-state index contributed by atoms with van der Waals surface area (Å²) in [6.07, 6.45) is 1.32. The molecule has 33 heavy (non-hydrogen) atoms. The lowest BCUT2D eigenvalue weighted by molar-refractivity contribution is -0.136. The molecule has 2 aromatic carbocycles. The smallest absolute Gasteiger partial charge is 0.254 e. The van der Waals surface area contributed by atoms with Gasteiger partial charge in [-0.15, -0.1) is 0 Å². The number of hydrogen-bond donors (Lipinski definition) is 1. The van der Waals surface area contributed by atoms with Gasteiger partial charge in [-0.25, -0.2) is 4.98 Å². The average Bonchev–Trinajstić information content (AvgIpc) is 2.83. The molecule has 1 saturated heterocycles. The fraction of sp³-hybridized carbons (Fsp3) is 0.370. The first-order chi connectivity index (χ1) is 15.8. The van der Waals surface area contributed by atoms with E-state index in [1.54, 1.807) is 11.5 Å². The fourth-order valence-corrected chi connectivity index (χ4v) is 4.49. The standard InChI is InChI=1S/C27H31N3O3/c1-20(22-9-5-3-6-10-22)17-25(31)29-15-13-27(33,14-16-29)19-30-21(2)28-24(18-26(30)32)23-11-7-4-8-12-23/h3-12,18,20,33H,13-17,19H2,1-2H3. The van der Waals surface area contributed by atoms with Crippen molar-refractivity contribution in [2.24, 2.45) is 0 Å². The Bertz CT molecular complexity index is 1150. The van der Waals surface area contributed by atoms with E-state index < -0.39 is 5.60 Å². The lowest BCUT2D eigenvalue weighted by Gasteiger charge is -2.39. The summed E-state index contributed by atoms with van der Waals surface area (Å²) >= 11 is 0. The Balaban J connectivity index is 1.39. The van der Waals surface area contributed by atoms with Crippen molar-refractivity contribution in [1.82, 2.24) is 14.5 Å². The molecular weight excluding hydrogens is 414 g/mol. The summed E-state index contributed by atoms with van der Waals surface area (Å²) in [5, 5.41) is 11.2. The van der Waals surface area contributed by atoms with Crippen LogP contribution in [0.15, 0.2) is 71.5 Å². The molecule has 4 rings (SSSR count). The maximum atomic E-state index is 12.8. The monoisotopic (exact) mass is 445 g/mol. The topological polar surface area (TPSA) is 75.4 Å². The van der Waals surface area contributed by atoms with Crippen molar-refractivity contribution in [2.75, 3.05) is 13.1 Å². The van der Waals surface area contributed by atoms with E-state index in [1.165, 1.54) is 6.07 Å². The molecule has 172 valence electrons. The van der Waals surface area contributed by atoms with Crippen LogP contribution in [-0.2, 0) is 11.3 Å². The van der Waals surface area contributed by atoms with Crippen LogP contribution in [-0.4, -0.2) is 44.2 Å². The Morgan fingerprint density at radius 2 is 1.67 bits per heavy atom. The van der Waals surface area contributed by atoms with Crippen LogP contribution in [0, 0.1) is 6.92 Å². The highest BCUT2D eigenvalue weighted by atomic mass is 16.3. The predicted molar refractivity (Wildman–Crippen MR) is 129 cm³/mol. The molecule has 0 bridgehead atoms. The zero-order valence-electron chi connectivity index (χ0n) is 19.3. The molecule has 0 aliphatic carbocycles. The molecule has 1 aliphatic rings. The lowest BCUT2D eigenvalue weighted by atomic mass is 9.90. The largest absolute Gasteiger partial charge is 0.388 e. The third kappa shape index (κ3) is 5.40. The van der Waals surface area contributed by atoms with Crippen LogP contribution in [0.3, 0.4) is 0 Å². The minimum Gasteiger partial charge on any atom is -0.388 e. The van der Waals surface area contributed by atoms with E-state index in [0.717, 1.165) is 11.1 Å². The Morgan fingerprint density at radius 3 is 2.27 bits per heavy atom. The van der Waals surface area contributed by atoms with Gasteiger partial charge in [0.15, 0.2) is 0 Å². The highest BCUT2D eigenvalue weighted by molar-refractivity contribution is 5.77. The summed E-state index contributed by atoms with van der Waals surface area (Å²) in [5.41, 5.74) is 1.46. The molecule has 1 atom stereocenters. The van der Waals surface area contributed by atoms with Gasteiger partial charge in [-0.1, -0.05) is 67.6 Å². The first-order valence-corrected chi connectivity index (χ1v) is 11.5. The number of benzene rings is 2. The first kappa shape index (κ1) is 22.9. The van der Waals surface area contributed by atoms with Crippen LogP contribution in [0.1, 0.15) is 43.5 Å². The van der Waals surface area contributed by atoms with Gasteiger partial charge in [0.2, 0.25) is 5.91 Å². The van der Waals surface area contributed by atoms with Gasteiger partial charge in [0.25, 0.3) is 5.56 Å². The number of likely N-dealkylation sites (tertiary alicyclic amines) is 1. The van der Waals surface area contributed by atoms with Crippen LogP contribution in [0.4, 0.5) is 0 Å². The Morgan fingerprint density at radius 1 is 1.06 bits per heavy atom. The molecule has 2 heterocycles. The van der Waals surface area contributed by atoms with Crippen LogP contribution in [0.5, 0.6) is 0 Å². The summed E-state index contributed by atoms with van der Waals surface area (Å²) in [6.45, 7) is 5.01. The molecule has 0 spiro atoms. The number of hydrogen-bond acceptors (Lipinski definition) is 4. The number of piperidine rings is 1. The van der Waals surface area contributed by atoms with Gasteiger partial charge < -0.3 is 10.0 Å². The van der Waals surface area contributed by atoms with E-state index in [4.69, 9.17) is 0 Å². The second-order valence-electron chi connectivity index (χ2n) is 9.10. The number of carbonyl (C=O) groups is 1. The van der Waals surface area contributed by atoms with Gasteiger partial charge in [0.05, 0.1) is 17.8 Å². The van der Waals surface area contributed by atoms with E-state index in [0.29, 0.717) is 43.9 Å². The first-order valence-electron chi connectivity index (χ1n) is 11.5. The molecular formula is C27H31N3O3. The zero-order valence-corrected chi connectivity index (χ0v) is 19.3. The quantitative estimate of drug-likeness (QED) is 0.627. The number of amides is 1. The Kier molecular flexibility index (Phi) is 6.75. The van der Waals surface area contributed by atoms with Crippen molar-refractivity contribution in [3.05, 3.63) is 88.5 Å². The molecule has 6 heteroatoms. The molecule has 1 N–H and O–H groups in total. The zero-order chi connectivity index (χ0) is 23.4. The average molecular weight is 446 g/mol. The van der Waals surface area contributed by atoms with E-state index in [2.05, 4.69) is 11.9 Å². The Labute approximate surface area is 194 Å². The molecule has 6 nitrogen and oxygen atoms in total. The number of aliphatic hydroxyl groups is 1. The maximum absolute atomic E-state index is 12.8. The van der Waals surface area contributed by atoms with Crippen LogP contribution in [0.2, 0.25) is 0 Å². The van der Waals surface area contributed by atoms with Gasteiger partial charge in [-0.2, -0.15) is 0 Å². The SMILES string of the molecule is Cc1nc(-c2ccccc2)cc(=O)n1CC1(O)CCN(C(=O)CC(C)c2ccccc2)CC1. The Hall–Kier alpha value is -3.25. The third-order valence-electron chi connectivity index (χ3n) is 6.62. The second kappa shape index (κ2) is 9.71. The molecule has 0 saturated carbocycles. The number of aryl methyl sites for hydroxylation is 1. The van der Waals surface area contributed by atoms with E-state index in [1.807, 2.05) is 65.6 Å². The van der Waals surface area contributed by atoms with Gasteiger partial charge in [-0.3, -0.25) is 14.2 Å². The molecule has 1 aromatic heterocycles. The summed E-state index contributed by atoms with van der Waals surface area (Å²) < 4.78 is 1.54. The van der Waals surface area contributed by atoms with E-state index >= 15 is 0 Å². The predicted octanol–water partition coefficient (Wildman–Crippen LogP) is 3.77. The van der Waals surface area contributed by atoms with Gasteiger partial charge in [-0.05, 0) is 31.2 Å². The van der Waals surface area contributed by atoms with Gasteiger partial charge in [0, 0.05) is 31.1 Å². The van der Waals surface area contributed by atoms with Crippen LogP contribution < -0.4 is 5.56 Å². The lowest BCUT2D eigenvalue weighted by Crippen LogP contribution is -2.50. The van der Waals surface area contributed by atoms with Crippen molar-refractivity contribution in [1.29, 1.82) is 0 Å². The molecule has 0 radical (unpaired) electrons. The second-order valence-corrected chi connectivity index (χ2v) is 9.10.